The highest BCUT2D eigenvalue weighted by molar-refractivity contribution is 6.33. The molecule has 0 fully saturated rings. The molecule has 0 unspecified atom stereocenters. The van der Waals surface area contributed by atoms with Gasteiger partial charge in [-0.2, -0.15) is 0 Å². The zero-order valence-electron chi connectivity index (χ0n) is 22.3. The number of nitro groups is 1. The van der Waals surface area contributed by atoms with E-state index in [1.165, 1.54) is 18.2 Å². The van der Waals surface area contributed by atoms with Crippen molar-refractivity contribution < 1.29 is 18.9 Å². The number of ketones is 1. The molecule has 1 aromatic heterocycles. The van der Waals surface area contributed by atoms with Gasteiger partial charge < -0.3 is 9.73 Å². The molecule has 9 heteroatoms. The predicted molar refractivity (Wildman–Crippen MR) is 157 cm³/mol. The van der Waals surface area contributed by atoms with Gasteiger partial charge in [0.15, 0.2) is 0 Å². The molecular weight excluding hydrogens is 542 g/mol. The minimum Gasteiger partial charge on any atom is -0.459 e. The number of carbonyl (C=O) groups is 2. The standard InChI is InChI=1S/C32H26ClN3O5/c1-32(2)17-24-29(26(37)18-32)30(28-15-14-27(41-28)21-13-12-20(36(39)40)16-22(21)33)35(25-11-7-6-10-23(25)34-24)31(38)19-8-4-3-5-9-19/h3-17,29-30,34H,18H2,1-2H3/t29-,30+/m0/s1. The van der Waals surface area contributed by atoms with Crippen molar-refractivity contribution >= 4 is 40.4 Å². The first-order valence-corrected chi connectivity index (χ1v) is 13.5. The monoisotopic (exact) mass is 567 g/mol. The van der Waals surface area contributed by atoms with Gasteiger partial charge in [-0.25, -0.2) is 0 Å². The Kier molecular flexibility index (Phi) is 6.50. The summed E-state index contributed by atoms with van der Waals surface area (Å²) in [6.45, 7) is 4.02. The summed E-state index contributed by atoms with van der Waals surface area (Å²) in [6.07, 6.45) is 2.36. The van der Waals surface area contributed by atoms with Crippen LogP contribution in [-0.4, -0.2) is 16.6 Å². The number of para-hydroxylation sites is 2. The van der Waals surface area contributed by atoms with Crippen molar-refractivity contribution in [3.63, 3.8) is 0 Å². The Balaban J connectivity index is 1.56. The van der Waals surface area contributed by atoms with Crippen molar-refractivity contribution in [2.45, 2.75) is 26.3 Å². The molecule has 41 heavy (non-hydrogen) atoms. The summed E-state index contributed by atoms with van der Waals surface area (Å²) < 4.78 is 6.37. The summed E-state index contributed by atoms with van der Waals surface area (Å²) in [4.78, 5) is 40.5. The van der Waals surface area contributed by atoms with Crippen LogP contribution < -0.4 is 10.2 Å². The topological polar surface area (TPSA) is 106 Å². The van der Waals surface area contributed by atoms with Crippen LogP contribution in [0.4, 0.5) is 17.1 Å². The van der Waals surface area contributed by atoms with E-state index in [-0.39, 0.29) is 27.8 Å². The fourth-order valence-electron chi connectivity index (χ4n) is 5.72. The number of carbonyl (C=O) groups excluding carboxylic acids is 2. The fourth-order valence-corrected chi connectivity index (χ4v) is 5.99. The molecule has 0 radical (unpaired) electrons. The predicted octanol–water partition coefficient (Wildman–Crippen LogP) is 7.82. The quantitative estimate of drug-likeness (QED) is 0.199. The van der Waals surface area contributed by atoms with Crippen molar-refractivity contribution in [2.75, 3.05) is 10.2 Å². The van der Waals surface area contributed by atoms with Gasteiger partial charge in [0.05, 0.1) is 27.2 Å². The van der Waals surface area contributed by atoms with Crippen molar-refractivity contribution in [2.24, 2.45) is 11.3 Å². The number of allylic oxidation sites excluding steroid dienone is 1. The lowest BCUT2D eigenvalue weighted by Gasteiger charge is -2.38. The molecule has 1 aliphatic carbocycles. The van der Waals surface area contributed by atoms with Crippen molar-refractivity contribution in [1.82, 2.24) is 0 Å². The molecule has 4 aromatic rings. The number of hydrogen-bond donors (Lipinski definition) is 1. The molecule has 206 valence electrons. The first kappa shape index (κ1) is 26.5. The number of benzene rings is 3. The molecule has 0 spiro atoms. The van der Waals surface area contributed by atoms with Crippen LogP contribution in [0.15, 0.2) is 101 Å². The van der Waals surface area contributed by atoms with Gasteiger partial charge in [0.1, 0.15) is 23.3 Å². The molecule has 1 N–H and O–H groups in total. The minimum atomic E-state index is -0.820. The lowest BCUT2D eigenvalue weighted by molar-refractivity contribution is -0.384. The molecule has 1 aliphatic heterocycles. The van der Waals surface area contributed by atoms with Crippen LogP contribution in [0.5, 0.6) is 0 Å². The molecular formula is C32H26ClN3O5. The van der Waals surface area contributed by atoms with Gasteiger partial charge in [-0.15, -0.1) is 0 Å². The molecule has 8 nitrogen and oxygen atoms in total. The normalized spacial score (nSPS) is 19.3. The smallest absolute Gasteiger partial charge is 0.270 e. The third kappa shape index (κ3) is 4.80. The summed E-state index contributed by atoms with van der Waals surface area (Å²) in [5, 5.41) is 14.8. The molecule has 0 saturated carbocycles. The Bertz CT molecular complexity index is 1730. The summed E-state index contributed by atoms with van der Waals surface area (Å²) >= 11 is 6.42. The summed E-state index contributed by atoms with van der Waals surface area (Å²) in [6, 6.07) is 23.2. The highest BCUT2D eigenvalue weighted by Gasteiger charge is 2.47. The van der Waals surface area contributed by atoms with Gasteiger partial charge in [-0.3, -0.25) is 24.6 Å². The highest BCUT2D eigenvalue weighted by atomic mass is 35.5. The number of rotatable bonds is 4. The zero-order chi connectivity index (χ0) is 28.9. The van der Waals surface area contributed by atoms with E-state index < -0.39 is 16.9 Å². The molecule has 2 atom stereocenters. The number of hydrogen-bond acceptors (Lipinski definition) is 6. The maximum atomic E-state index is 14.3. The number of amides is 1. The van der Waals surface area contributed by atoms with Crippen LogP contribution >= 0.6 is 11.6 Å². The number of anilines is 2. The second-order valence-corrected chi connectivity index (χ2v) is 11.4. The van der Waals surface area contributed by atoms with E-state index in [0.29, 0.717) is 46.1 Å². The Morgan fingerprint density at radius 1 is 1.05 bits per heavy atom. The largest absolute Gasteiger partial charge is 0.459 e. The third-order valence-corrected chi connectivity index (χ3v) is 7.79. The number of furan rings is 1. The van der Waals surface area contributed by atoms with Gasteiger partial charge in [0, 0.05) is 35.4 Å². The number of non-ortho nitro benzene ring substituents is 1. The molecule has 6 rings (SSSR count). The molecule has 1 amide bonds. The Morgan fingerprint density at radius 2 is 1.78 bits per heavy atom. The summed E-state index contributed by atoms with van der Waals surface area (Å²) in [5.41, 5.74) is 2.43. The van der Waals surface area contributed by atoms with Crippen molar-refractivity contribution in [1.29, 1.82) is 0 Å². The van der Waals surface area contributed by atoms with E-state index >= 15 is 0 Å². The number of Topliss-reactive ketones (excluding diaryl/α,β-unsaturated/α-hetero) is 1. The molecule has 3 aromatic carbocycles. The first-order chi connectivity index (χ1) is 19.6. The highest BCUT2D eigenvalue weighted by Crippen LogP contribution is 2.49. The SMILES string of the molecule is CC1(C)C=C2Nc3ccccc3N(C(=O)c3ccccc3)[C@H](c3ccc(-c4ccc([N+](=O)[O-])cc4Cl)o3)[C@@H]2C(=O)C1. The van der Waals surface area contributed by atoms with Crippen LogP contribution in [0.2, 0.25) is 5.02 Å². The van der Waals surface area contributed by atoms with Crippen molar-refractivity contribution in [3.8, 4) is 11.3 Å². The Labute approximate surface area is 241 Å². The van der Waals surface area contributed by atoms with Crippen LogP contribution in [0.3, 0.4) is 0 Å². The van der Waals surface area contributed by atoms with Gasteiger partial charge in [0.25, 0.3) is 11.6 Å². The minimum absolute atomic E-state index is 0.0185. The second-order valence-electron chi connectivity index (χ2n) is 11.0. The molecule has 0 saturated heterocycles. The lowest BCUT2D eigenvalue weighted by atomic mass is 9.73. The second kappa shape index (κ2) is 10.1. The first-order valence-electron chi connectivity index (χ1n) is 13.2. The number of halogens is 1. The van der Waals surface area contributed by atoms with Gasteiger partial charge in [-0.05, 0) is 47.9 Å². The van der Waals surface area contributed by atoms with Crippen LogP contribution in [-0.2, 0) is 4.79 Å². The van der Waals surface area contributed by atoms with Gasteiger partial charge in [0.2, 0.25) is 0 Å². The van der Waals surface area contributed by atoms with E-state index in [2.05, 4.69) is 11.4 Å². The zero-order valence-corrected chi connectivity index (χ0v) is 23.1. The van der Waals surface area contributed by atoms with Crippen LogP contribution in [0.25, 0.3) is 11.3 Å². The number of nitrogens with one attached hydrogen (secondary N) is 1. The van der Waals surface area contributed by atoms with Gasteiger partial charge >= 0.3 is 0 Å². The number of nitro benzene ring substituents is 1. The van der Waals surface area contributed by atoms with E-state index in [1.807, 2.05) is 44.2 Å². The summed E-state index contributed by atoms with van der Waals surface area (Å²) in [5.74, 6) is -0.271. The van der Waals surface area contributed by atoms with Crippen LogP contribution in [0.1, 0.15) is 42.4 Å². The average molecular weight is 568 g/mol. The van der Waals surface area contributed by atoms with E-state index in [4.69, 9.17) is 16.0 Å². The van der Waals surface area contributed by atoms with E-state index in [1.54, 1.807) is 41.3 Å². The average Bonchev–Trinajstić information content (AvgIpc) is 3.36. The van der Waals surface area contributed by atoms with Gasteiger partial charge in [-0.1, -0.05) is 61.9 Å². The maximum Gasteiger partial charge on any atom is 0.270 e. The molecule has 2 heterocycles. The van der Waals surface area contributed by atoms with E-state index in [9.17, 15) is 19.7 Å². The van der Waals surface area contributed by atoms with E-state index in [0.717, 1.165) is 0 Å². The Hall–Kier alpha value is -4.69. The fraction of sp³-hybridized carbons (Fsp3) is 0.188. The number of nitrogens with zero attached hydrogens (tertiary/aromatic N) is 2. The molecule has 0 bridgehead atoms. The Morgan fingerprint density at radius 3 is 2.51 bits per heavy atom. The maximum absolute atomic E-state index is 14.3. The summed E-state index contributed by atoms with van der Waals surface area (Å²) in [7, 11) is 0. The van der Waals surface area contributed by atoms with Crippen LogP contribution in [0, 0.1) is 21.4 Å². The molecule has 2 aliphatic rings. The lowest BCUT2D eigenvalue weighted by Crippen LogP contribution is -2.43. The third-order valence-electron chi connectivity index (χ3n) is 7.48. The van der Waals surface area contributed by atoms with Crippen molar-refractivity contribution in [3.05, 3.63) is 123 Å². The number of fused-ring (bicyclic) bond motifs is 2.